The number of benzene rings is 2. The molecule has 1 heterocycles. The zero-order chi connectivity index (χ0) is 18.7. The van der Waals surface area contributed by atoms with Crippen molar-refractivity contribution in [3.63, 3.8) is 0 Å². The number of rotatable bonds is 5. The largest absolute Gasteiger partial charge is 0.371 e. The second-order valence-corrected chi connectivity index (χ2v) is 8.16. The number of nitrogens with one attached hydrogen (secondary N) is 1. The van der Waals surface area contributed by atoms with Crippen LogP contribution in [-0.2, 0) is 10.0 Å². The molecule has 0 amide bonds. The molecule has 0 aromatic heterocycles. The molecule has 0 aliphatic carbocycles. The zero-order valence-electron chi connectivity index (χ0n) is 13.9. The van der Waals surface area contributed by atoms with Crippen LogP contribution in [0.3, 0.4) is 0 Å². The summed E-state index contributed by atoms with van der Waals surface area (Å²) >= 11 is 6.16. The van der Waals surface area contributed by atoms with E-state index in [-0.39, 0.29) is 21.3 Å². The molecule has 0 radical (unpaired) electrons. The van der Waals surface area contributed by atoms with E-state index in [9.17, 15) is 18.5 Å². The minimum absolute atomic E-state index is 0.189. The van der Waals surface area contributed by atoms with E-state index < -0.39 is 14.9 Å². The van der Waals surface area contributed by atoms with E-state index in [1.165, 1.54) is 24.6 Å². The number of nitro groups is 1. The lowest BCUT2D eigenvalue weighted by molar-refractivity contribution is -0.385. The maximum Gasteiger partial charge on any atom is 0.270 e. The van der Waals surface area contributed by atoms with Crippen LogP contribution in [0.15, 0.2) is 47.4 Å². The number of nitrogens with zero attached hydrogens (tertiary/aromatic N) is 2. The Balaban J connectivity index is 1.89. The molecular formula is C17H18ClN3O4S. The maximum absolute atomic E-state index is 12.6. The standard InChI is InChI=1S/C17H18ClN3O4S/c18-16-8-7-13(20-9-2-1-3-10-20)12-17(16)19-26(24,25)15-6-4-5-14(11-15)21(22)23/h4-8,11-12,19H,1-3,9-10H2. The normalized spacial score (nSPS) is 14.9. The Hall–Kier alpha value is -2.32. The molecule has 1 fully saturated rings. The molecule has 0 saturated carbocycles. The number of non-ortho nitro benzene ring substituents is 1. The van der Waals surface area contributed by atoms with Gasteiger partial charge in [-0.05, 0) is 43.5 Å². The fourth-order valence-corrected chi connectivity index (χ4v) is 4.24. The van der Waals surface area contributed by atoms with E-state index in [2.05, 4.69) is 9.62 Å². The van der Waals surface area contributed by atoms with Crippen molar-refractivity contribution in [3.8, 4) is 0 Å². The lowest BCUT2D eigenvalue weighted by Crippen LogP contribution is -2.29. The molecule has 9 heteroatoms. The topological polar surface area (TPSA) is 92.5 Å². The van der Waals surface area contributed by atoms with Crippen LogP contribution in [0, 0.1) is 10.1 Å². The van der Waals surface area contributed by atoms with Crippen molar-refractivity contribution >= 4 is 38.7 Å². The summed E-state index contributed by atoms with van der Waals surface area (Å²) in [5, 5.41) is 11.1. The lowest BCUT2D eigenvalue weighted by Gasteiger charge is -2.29. The first-order valence-electron chi connectivity index (χ1n) is 8.18. The molecule has 138 valence electrons. The summed E-state index contributed by atoms with van der Waals surface area (Å²) in [6.07, 6.45) is 3.38. The second kappa shape index (κ2) is 7.51. The molecule has 0 unspecified atom stereocenters. The van der Waals surface area contributed by atoms with Gasteiger partial charge in [-0.1, -0.05) is 17.7 Å². The van der Waals surface area contributed by atoms with Crippen molar-refractivity contribution in [2.45, 2.75) is 24.2 Å². The highest BCUT2D eigenvalue weighted by Crippen LogP contribution is 2.31. The van der Waals surface area contributed by atoms with Gasteiger partial charge in [-0.3, -0.25) is 14.8 Å². The monoisotopic (exact) mass is 395 g/mol. The highest BCUT2D eigenvalue weighted by Gasteiger charge is 2.20. The van der Waals surface area contributed by atoms with Gasteiger partial charge >= 0.3 is 0 Å². The van der Waals surface area contributed by atoms with Crippen LogP contribution in [0.4, 0.5) is 17.1 Å². The molecule has 1 aliphatic rings. The van der Waals surface area contributed by atoms with Crippen LogP contribution in [0.25, 0.3) is 0 Å². The van der Waals surface area contributed by atoms with Crippen molar-refractivity contribution in [1.82, 2.24) is 0 Å². The Labute approximate surface area is 156 Å². The molecule has 3 rings (SSSR count). The first-order chi connectivity index (χ1) is 12.4. The summed E-state index contributed by atoms with van der Waals surface area (Å²) in [4.78, 5) is 12.2. The Morgan fingerprint density at radius 3 is 2.50 bits per heavy atom. The smallest absolute Gasteiger partial charge is 0.270 e. The van der Waals surface area contributed by atoms with Gasteiger partial charge in [-0.15, -0.1) is 0 Å². The average molecular weight is 396 g/mol. The highest BCUT2D eigenvalue weighted by atomic mass is 35.5. The van der Waals surface area contributed by atoms with Gasteiger partial charge in [0, 0.05) is 30.9 Å². The summed E-state index contributed by atoms with van der Waals surface area (Å²) in [6.45, 7) is 1.83. The van der Waals surface area contributed by atoms with E-state index in [1.54, 1.807) is 12.1 Å². The number of piperidine rings is 1. The van der Waals surface area contributed by atoms with Gasteiger partial charge in [0.25, 0.3) is 15.7 Å². The van der Waals surface area contributed by atoms with Crippen molar-refractivity contribution in [2.24, 2.45) is 0 Å². The molecule has 0 atom stereocenters. The van der Waals surface area contributed by atoms with Crippen molar-refractivity contribution in [1.29, 1.82) is 0 Å². The summed E-state index contributed by atoms with van der Waals surface area (Å²) in [5.74, 6) is 0. The lowest BCUT2D eigenvalue weighted by atomic mass is 10.1. The Bertz CT molecular complexity index is 927. The number of hydrogen-bond donors (Lipinski definition) is 1. The molecule has 0 spiro atoms. The average Bonchev–Trinajstić information content (AvgIpc) is 2.64. The van der Waals surface area contributed by atoms with Gasteiger partial charge in [-0.2, -0.15) is 0 Å². The van der Waals surface area contributed by atoms with Gasteiger partial charge in [0.05, 0.1) is 20.5 Å². The number of halogens is 1. The second-order valence-electron chi connectivity index (χ2n) is 6.07. The minimum Gasteiger partial charge on any atom is -0.371 e. The summed E-state index contributed by atoms with van der Waals surface area (Å²) < 4.78 is 27.7. The van der Waals surface area contributed by atoms with E-state index in [1.807, 2.05) is 6.07 Å². The number of sulfonamides is 1. The van der Waals surface area contributed by atoms with Crippen LogP contribution in [0.1, 0.15) is 19.3 Å². The maximum atomic E-state index is 12.6. The third-order valence-corrected chi connectivity index (χ3v) is 5.95. The molecule has 2 aromatic rings. The fraction of sp³-hybridized carbons (Fsp3) is 0.294. The highest BCUT2D eigenvalue weighted by molar-refractivity contribution is 7.92. The molecule has 2 aromatic carbocycles. The molecule has 0 bridgehead atoms. The Morgan fingerprint density at radius 1 is 1.08 bits per heavy atom. The van der Waals surface area contributed by atoms with Crippen LogP contribution in [-0.4, -0.2) is 26.4 Å². The molecule has 26 heavy (non-hydrogen) atoms. The Morgan fingerprint density at radius 2 is 1.81 bits per heavy atom. The van der Waals surface area contributed by atoms with Gasteiger partial charge in [0.1, 0.15) is 0 Å². The molecule has 1 N–H and O–H groups in total. The SMILES string of the molecule is O=[N+]([O-])c1cccc(S(=O)(=O)Nc2cc(N3CCCCC3)ccc2Cl)c1. The van der Waals surface area contributed by atoms with E-state index in [0.717, 1.165) is 37.7 Å². The molecular weight excluding hydrogens is 378 g/mol. The molecule has 7 nitrogen and oxygen atoms in total. The quantitative estimate of drug-likeness (QED) is 0.609. The van der Waals surface area contributed by atoms with E-state index in [4.69, 9.17) is 11.6 Å². The summed E-state index contributed by atoms with van der Waals surface area (Å²) in [7, 11) is -4.00. The fourth-order valence-electron chi connectivity index (χ4n) is 2.91. The van der Waals surface area contributed by atoms with Gasteiger partial charge in [0.2, 0.25) is 0 Å². The first-order valence-corrected chi connectivity index (χ1v) is 10.0. The van der Waals surface area contributed by atoms with Crippen LogP contribution < -0.4 is 9.62 Å². The third kappa shape index (κ3) is 4.08. The van der Waals surface area contributed by atoms with Gasteiger partial charge < -0.3 is 4.90 Å². The van der Waals surface area contributed by atoms with E-state index in [0.29, 0.717) is 0 Å². The summed E-state index contributed by atoms with van der Waals surface area (Å²) in [6, 6.07) is 10.1. The number of hydrogen-bond acceptors (Lipinski definition) is 5. The zero-order valence-corrected chi connectivity index (χ0v) is 15.5. The predicted molar refractivity (Wildman–Crippen MR) is 101 cm³/mol. The van der Waals surface area contributed by atoms with Crippen LogP contribution in [0.2, 0.25) is 5.02 Å². The molecule has 1 saturated heterocycles. The van der Waals surface area contributed by atoms with Crippen LogP contribution >= 0.6 is 11.6 Å². The number of anilines is 2. The first kappa shape index (κ1) is 18.5. The van der Waals surface area contributed by atoms with Crippen molar-refractivity contribution in [2.75, 3.05) is 22.7 Å². The minimum atomic E-state index is -4.00. The van der Waals surface area contributed by atoms with Gasteiger partial charge in [-0.25, -0.2) is 8.42 Å². The predicted octanol–water partition coefficient (Wildman–Crippen LogP) is 4.04. The van der Waals surface area contributed by atoms with E-state index >= 15 is 0 Å². The Kier molecular flexibility index (Phi) is 5.33. The van der Waals surface area contributed by atoms with Crippen molar-refractivity contribution < 1.29 is 13.3 Å². The number of nitro benzene ring substituents is 1. The van der Waals surface area contributed by atoms with Crippen LogP contribution in [0.5, 0.6) is 0 Å². The molecule has 1 aliphatic heterocycles. The summed E-state index contributed by atoms with van der Waals surface area (Å²) in [5.41, 5.74) is 0.855. The van der Waals surface area contributed by atoms with Crippen molar-refractivity contribution in [3.05, 3.63) is 57.6 Å². The third-order valence-electron chi connectivity index (χ3n) is 4.25. The van der Waals surface area contributed by atoms with Gasteiger partial charge in [0.15, 0.2) is 0 Å².